The zero-order valence-corrected chi connectivity index (χ0v) is 6.30. The zero-order chi connectivity index (χ0) is 7.94. The molecule has 0 radical (unpaired) electrons. The van der Waals surface area contributed by atoms with Crippen molar-refractivity contribution in [2.45, 2.75) is 5.16 Å². The van der Waals surface area contributed by atoms with Crippen molar-refractivity contribution in [2.75, 3.05) is 0 Å². The third-order valence-corrected chi connectivity index (χ3v) is 1.39. The third-order valence-electron chi connectivity index (χ3n) is 0.791. The summed E-state index contributed by atoms with van der Waals surface area (Å²) in [5.41, 5.74) is 0. The van der Waals surface area contributed by atoms with Crippen LogP contribution in [0.1, 0.15) is 0 Å². The first-order chi connectivity index (χ1) is 5.43. The summed E-state index contributed by atoms with van der Waals surface area (Å²) in [4.78, 5) is 7.78. The summed E-state index contributed by atoms with van der Waals surface area (Å²) >= 11 is 1.14. The summed E-state index contributed by atoms with van der Waals surface area (Å²) in [5, 5.41) is 11.2. The van der Waals surface area contributed by atoms with Crippen LogP contribution in [0.4, 0.5) is 0 Å². The number of hydrogen-bond donors (Lipinski definition) is 0. The smallest absolute Gasteiger partial charge is 0.200 e. The van der Waals surface area contributed by atoms with E-state index in [4.69, 9.17) is 5.26 Å². The van der Waals surface area contributed by atoms with Crippen LogP contribution in [0.3, 0.4) is 0 Å². The van der Waals surface area contributed by atoms with Crippen molar-refractivity contribution >= 4 is 11.8 Å². The number of rotatable bonds is 1. The van der Waals surface area contributed by atoms with Gasteiger partial charge in [0.15, 0.2) is 11.2 Å². The van der Waals surface area contributed by atoms with Crippen molar-refractivity contribution in [3.05, 3.63) is 18.5 Å². The predicted molar refractivity (Wildman–Crippen MR) is 41.3 cm³/mol. The Morgan fingerprint density at radius 3 is 2.73 bits per heavy atom. The van der Waals surface area contributed by atoms with E-state index in [9.17, 15) is 0 Å². The van der Waals surface area contributed by atoms with Gasteiger partial charge in [0, 0.05) is 30.1 Å². The molecule has 11 heavy (non-hydrogen) atoms. The molecule has 0 spiro atoms. The van der Waals surface area contributed by atoms with Crippen molar-refractivity contribution in [2.24, 2.45) is 0 Å². The van der Waals surface area contributed by atoms with E-state index in [1.54, 1.807) is 24.5 Å². The molecular formula is C7H3N3S. The van der Waals surface area contributed by atoms with Crippen molar-refractivity contribution < 1.29 is 0 Å². The van der Waals surface area contributed by atoms with E-state index in [-0.39, 0.29) is 0 Å². The van der Waals surface area contributed by atoms with Crippen LogP contribution in [0, 0.1) is 22.5 Å². The Bertz CT molecular complexity index is 317. The van der Waals surface area contributed by atoms with Gasteiger partial charge in [0.05, 0.1) is 0 Å². The molecule has 1 heterocycles. The fourth-order valence-electron chi connectivity index (χ4n) is 0.432. The molecule has 3 nitrogen and oxygen atoms in total. The Morgan fingerprint density at radius 1 is 1.36 bits per heavy atom. The highest BCUT2D eigenvalue weighted by atomic mass is 32.2. The Balaban J connectivity index is 2.60. The normalized spacial score (nSPS) is 7.55. The molecule has 1 aromatic heterocycles. The molecular weight excluding hydrogens is 158 g/mol. The summed E-state index contributed by atoms with van der Waals surface area (Å²) in [5.74, 6) is 2.24. The van der Waals surface area contributed by atoms with Gasteiger partial charge in [0.25, 0.3) is 0 Å². The van der Waals surface area contributed by atoms with E-state index in [2.05, 4.69) is 21.1 Å². The van der Waals surface area contributed by atoms with E-state index >= 15 is 0 Å². The molecule has 0 N–H and O–H groups in total. The molecule has 4 heteroatoms. The molecule has 0 saturated carbocycles. The van der Waals surface area contributed by atoms with Crippen LogP contribution in [0.2, 0.25) is 0 Å². The predicted octanol–water partition coefficient (Wildman–Crippen LogP) is 1.05. The lowest BCUT2D eigenvalue weighted by atomic mass is 10.7. The Labute approximate surface area is 68.5 Å². The topological polar surface area (TPSA) is 49.6 Å². The summed E-state index contributed by atoms with van der Waals surface area (Å²) in [6, 6.07) is 3.42. The minimum absolute atomic E-state index is 0.565. The molecule has 52 valence electrons. The molecule has 0 aliphatic carbocycles. The Morgan fingerprint density at radius 2 is 2.09 bits per heavy atom. The van der Waals surface area contributed by atoms with Crippen LogP contribution in [-0.4, -0.2) is 9.97 Å². The van der Waals surface area contributed by atoms with Gasteiger partial charge in [-0.25, -0.2) is 9.97 Å². The molecule has 0 atom stereocenters. The molecule has 0 saturated heterocycles. The number of thioether (sulfide) groups is 1. The highest BCUT2D eigenvalue weighted by Gasteiger charge is 1.88. The largest absolute Gasteiger partial charge is 0.230 e. The lowest BCUT2D eigenvalue weighted by molar-refractivity contribution is 0.972. The molecule has 0 aliphatic rings. The first-order valence-corrected chi connectivity index (χ1v) is 3.58. The summed E-state index contributed by atoms with van der Waals surface area (Å²) in [7, 11) is 0. The monoisotopic (exact) mass is 161 g/mol. The van der Waals surface area contributed by atoms with Gasteiger partial charge >= 0.3 is 0 Å². The van der Waals surface area contributed by atoms with Gasteiger partial charge in [-0.2, -0.15) is 5.26 Å². The van der Waals surface area contributed by atoms with Gasteiger partial charge in [-0.3, -0.25) is 0 Å². The molecule has 1 rings (SSSR count). The average Bonchev–Trinajstić information content (AvgIpc) is 2.07. The van der Waals surface area contributed by atoms with Gasteiger partial charge in [0.2, 0.25) is 0 Å². The fourth-order valence-corrected chi connectivity index (χ4v) is 0.847. The maximum Gasteiger partial charge on any atom is 0.200 e. The first kappa shape index (κ1) is 7.59. The number of hydrogen-bond acceptors (Lipinski definition) is 4. The van der Waals surface area contributed by atoms with Crippen LogP contribution in [0.25, 0.3) is 0 Å². The van der Waals surface area contributed by atoms with Crippen LogP contribution < -0.4 is 0 Å². The van der Waals surface area contributed by atoms with Gasteiger partial charge in [0.1, 0.15) is 0 Å². The second kappa shape index (κ2) is 4.32. The van der Waals surface area contributed by atoms with Gasteiger partial charge in [-0.15, -0.1) is 0 Å². The molecule has 0 aliphatic heterocycles. The third kappa shape index (κ3) is 2.70. The molecule has 0 fully saturated rings. The van der Waals surface area contributed by atoms with E-state index < -0.39 is 0 Å². The van der Waals surface area contributed by atoms with E-state index in [1.165, 1.54) is 0 Å². The molecule has 0 bridgehead atoms. The molecule has 1 aromatic rings. The highest BCUT2D eigenvalue weighted by molar-refractivity contribution is 8.03. The number of nitriles is 1. The number of aromatic nitrogens is 2. The minimum atomic E-state index is 0.565. The van der Waals surface area contributed by atoms with Crippen molar-refractivity contribution in [3.8, 4) is 17.2 Å². The minimum Gasteiger partial charge on any atom is -0.230 e. The van der Waals surface area contributed by atoms with Crippen LogP contribution in [0.15, 0.2) is 23.6 Å². The van der Waals surface area contributed by atoms with E-state index in [0.29, 0.717) is 5.16 Å². The van der Waals surface area contributed by atoms with Gasteiger partial charge < -0.3 is 0 Å². The maximum absolute atomic E-state index is 8.07. The lowest BCUT2D eigenvalue weighted by Gasteiger charge is -1.86. The van der Waals surface area contributed by atoms with E-state index in [0.717, 1.165) is 11.8 Å². The second-order valence-corrected chi connectivity index (χ2v) is 2.25. The average molecular weight is 161 g/mol. The van der Waals surface area contributed by atoms with Crippen LogP contribution in [-0.2, 0) is 0 Å². The summed E-state index contributed by atoms with van der Waals surface area (Å²) in [6.45, 7) is 0. The standard InChI is InChI=1S/C7H3N3S/c8-3-1-6-11-7-9-4-2-5-10-7/h2,4-5H. The number of nitrogens with zero attached hydrogens (tertiary/aromatic N) is 3. The van der Waals surface area contributed by atoms with Gasteiger partial charge in [-0.1, -0.05) is 0 Å². The summed E-state index contributed by atoms with van der Waals surface area (Å²) < 4.78 is 0. The summed E-state index contributed by atoms with van der Waals surface area (Å²) in [6.07, 6.45) is 3.26. The van der Waals surface area contributed by atoms with Crippen LogP contribution >= 0.6 is 11.8 Å². The van der Waals surface area contributed by atoms with Crippen molar-refractivity contribution in [1.29, 1.82) is 5.26 Å². The quantitative estimate of drug-likeness (QED) is 0.351. The zero-order valence-electron chi connectivity index (χ0n) is 5.48. The van der Waals surface area contributed by atoms with Crippen molar-refractivity contribution in [1.82, 2.24) is 9.97 Å². The lowest BCUT2D eigenvalue weighted by Crippen LogP contribution is -1.79. The SMILES string of the molecule is N#CC#CSc1ncccn1. The molecule has 0 aromatic carbocycles. The highest BCUT2D eigenvalue weighted by Crippen LogP contribution is 2.07. The maximum atomic E-state index is 8.07. The first-order valence-electron chi connectivity index (χ1n) is 2.76. The Kier molecular flexibility index (Phi) is 2.98. The fraction of sp³-hybridized carbons (Fsp3) is 0. The van der Waals surface area contributed by atoms with Crippen molar-refractivity contribution in [3.63, 3.8) is 0 Å². The van der Waals surface area contributed by atoms with Gasteiger partial charge in [-0.05, 0) is 11.3 Å². The van der Waals surface area contributed by atoms with E-state index in [1.807, 2.05) is 0 Å². The molecule has 0 unspecified atom stereocenters. The van der Waals surface area contributed by atoms with Crippen LogP contribution in [0.5, 0.6) is 0 Å². The molecule has 0 amide bonds. The Hall–Kier alpha value is -1.52. The second-order valence-electron chi connectivity index (χ2n) is 1.47.